The van der Waals surface area contributed by atoms with Crippen LogP contribution in [0.15, 0.2) is 0 Å². The van der Waals surface area contributed by atoms with E-state index in [2.05, 4.69) is 33.7 Å². The molecule has 1 aromatic rings. The lowest BCUT2D eigenvalue weighted by atomic mass is 10.2. The van der Waals surface area contributed by atoms with E-state index in [1.54, 1.807) is 0 Å². The Labute approximate surface area is 138 Å². The van der Waals surface area contributed by atoms with Gasteiger partial charge >= 0.3 is 0 Å². The van der Waals surface area contributed by atoms with Crippen LogP contribution in [0.4, 0.5) is 5.95 Å². The minimum Gasteiger partial charge on any atom is -0.341 e. The van der Waals surface area contributed by atoms with Gasteiger partial charge in [0.2, 0.25) is 16.5 Å². The Morgan fingerprint density at radius 3 is 1.62 bits per heavy atom. The standard InChI is InChI=1S/C15H26Cl2N4/c1-3-5-7-9-11-21(12-10-8-6-4-2)15-19-13(16)18-14(17)20-15/h3-12H2,1-2H3. The Bertz CT molecular complexity index is 369. The van der Waals surface area contributed by atoms with Gasteiger partial charge in [-0.05, 0) is 36.0 Å². The molecule has 0 saturated heterocycles. The predicted octanol–water partition coefficient (Wildman–Crippen LogP) is 5.15. The van der Waals surface area contributed by atoms with Gasteiger partial charge in [-0.1, -0.05) is 52.4 Å². The maximum Gasteiger partial charge on any atom is 0.230 e. The van der Waals surface area contributed by atoms with Crippen LogP contribution in [0.2, 0.25) is 10.6 Å². The third-order valence-electron chi connectivity index (χ3n) is 3.42. The van der Waals surface area contributed by atoms with Gasteiger partial charge in [0.1, 0.15) is 0 Å². The van der Waals surface area contributed by atoms with E-state index in [-0.39, 0.29) is 10.6 Å². The van der Waals surface area contributed by atoms with Crippen molar-refractivity contribution in [2.45, 2.75) is 65.2 Å². The lowest BCUT2D eigenvalue weighted by Gasteiger charge is -2.22. The third kappa shape index (κ3) is 7.82. The van der Waals surface area contributed by atoms with E-state index in [4.69, 9.17) is 23.2 Å². The molecular formula is C15H26Cl2N4. The second-order valence-electron chi connectivity index (χ2n) is 5.28. The Kier molecular flexibility index (Phi) is 9.68. The van der Waals surface area contributed by atoms with Crippen LogP contribution in [0.3, 0.4) is 0 Å². The minimum atomic E-state index is 0.164. The third-order valence-corrected chi connectivity index (χ3v) is 3.75. The van der Waals surface area contributed by atoms with Crippen LogP contribution in [0.1, 0.15) is 65.2 Å². The Hall–Kier alpha value is -0.610. The molecule has 1 rings (SSSR count). The number of hydrogen-bond donors (Lipinski definition) is 0. The second kappa shape index (κ2) is 11.0. The molecular weight excluding hydrogens is 307 g/mol. The van der Waals surface area contributed by atoms with Crippen molar-refractivity contribution in [2.75, 3.05) is 18.0 Å². The zero-order valence-electron chi connectivity index (χ0n) is 13.1. The van der Waals surface area contributed by atoms with Gasteiger partial charge in [-0.3, -0.25) is 0 Å². The van der Waals surface area contributed by atoms with Crippen molar-refractivity contribution in [1.82, 2.24) is 15.0 Å². The molecule has 0 aromatic carbocycles. The molecule has 1 heterocycles. The fourth-order valence-corrected chi connectivity index (χ4v) is 2.58. The van der Waals surface area contributed by atoms with Crippen molar-refractivity contribution in [3.8, 4) is 0 Å². The minimum absolute atomic E-state index is 0.164. The molecule has 21 heavy (non-hydrogen) atoms. The van der Waals surface area contributed by atoms with Gasteiger partial charge in [-0.2, -0.15) is 15.0 Å². The number of unbranched alkanes of at least 4 members (excludes halogenated alkanes) is 6. The molecule has 0 N–H and O–H groups in total. The topological polar surface area (TPSA) is 41.9 Å². The van der Waals surface area contributed by atoms with E-state index in [1.165, 1.54) is 38.5 Å². The van der Waals surface area contributed by atoms with Gasteiger partial charge in [0, 0.05) is 13.1 Å². The lowest BCUT2D eigenvalue weighted by molar-refractivity contribution is 0.600. The van der Waals surface area contributed by atoms with Crippen LogP contribution in [0.5, 0.6) is 0 Å². The molecule has 0 radical (unpaired) electrons. The summed E-state index contributed by atoms with van der Waals surface area (Å²) in [7, 11) is 0. The van der Waals surface area contributed by atoms with Crippen molar-refractivity contribution in [3.05, 3.63) is 10.6 Å². The quantitative estimate of drug-likeness (QED) is 0.526. The number of anilines is 1. The summed E-state index contributed by atoms with van der Waals surface area (Å²) in [4.78, 5) is 14.4. The monoisotopic (exact) mass is 332 g/mol. The fourth-order valence-electron chi connectivity index (χ4n) is 2.23. The highest BCUT2D eigenvalue weighted by atomic mass is 35.5. The first-order valence-electron chi connectivity index (χ1n) is 7.99. The van der Waals surface area contributed by atoms with E-state index < -0.39 is 0 Å². The number of hydrogen-bond acceptors (Lipinski definition) is 4. The predicted molar refractivity (Wildman–Crippen MR) is 90.3 cm³/mol. The first kappa shape index (κ1) is 18.4. The molecule has 0 unspecified atom stereocenters. The molecule has 1 aromatic heterocycles. The largest absolute Gasteiger partial charge is 0.341 e. The SMILES string of the molecule is CCCCCCN(CCCCCC)c1nc(Cl)nc(Cl)n1. The molecule has 0 spiro atoms. The molecule has 0 fully saturated rings. The normalized spacial score (nSPS) is 10.9. The Morgan fingerprint density at radius 2 is 1.19 bits per heavy atom. The van der Waals surface area contributed by atoms with Gasteiger partial charge < -0.3 is 4.90 Å². The first-order chi connectivity index (χ1) is 10.2. The average molecular weight is 333 g/mol. The van der Waals surface area contributed by atoms with Gasteiger partial charge in [0.25, 0.3) is 0 Å². The van der Waals surface area contributed by atoms with Gasteiger partial charge in [0.05, 0.1) is 0 Å². The first-order valence-corrected chi connectivity index (χ1v) is 8.75. The molecule has 0 saturated carbocycles. The average Bonchev–Trinajstić information content (AvgIpc) is 2.44. The summed E-state index contributed by atoms with van der Waals surface area (Å²) in [6.45, 7) is 6.33. The molecule has 0 atom stereocenters. The summed E-state index contributed by atoms with van der Waals surface area (Å²) >= 11 is 11.8. The number of rotatable bonds is 11. The number of nitrogens with zero attached hydrogens (tertiary/aromatic N) is 4. The van der Waals surface area contributed by atoms with Crippen molar-refractivity contribution in [1.29, 1.82) is 0 Å². The molecule has 0 aliphatic carbocycles. The summed E-state index contributed by atoms with van der Waals surface area (Å²) in [5.74, 6) is 0.605. The van der Waals surface area contributed by atoms with Crippen LogP contribution in [-0.2, 0) is 0 Å². The summed E-state index contributed by atoms with van der Waals surface area (Å²) in [6.07, 6.45) is 9.75. The van der Waals surface area contributed by atoms with E-state index >= 15 is 0 Å². The van der Waals surface area contributed by atoms with Crippen LogP contribution in [0.25, 0.3) is 0 Å². The number of halogens is 2. The molecule has 0 aliphatic rings. The van der Waals surface area contributed by atoms with Gasteiger partial charge in [-0.25, -0.2) is 0 Å². The maximum absolute atomic E-state index is 5.89. The molecule has 120 valence electrons. The summed E-state index contributed by atoms with van der Waals surface area (Å²) in [5.41, 5.74) is 0. The number of aromatic nitrogens is 3. The smallest absolute Gasteiger partial charge is 0.230 e. The van der Waals surface area contributed by atoms with Gasteiger partial charge in [-0.15, -0.1) is 0 Å². The summed E-state index contributed by atoms with van der Waals surface area (Å²) in [5, 5.41) is 0.328. The van der Waals surface area contributed by atoms with Crippen molar-refractivity contribution >= 4 is 29.2 Å². The molecule has 4 nitrogen and oxygen atoms in total. The van der Waals surface area contributed by atoms with Crippen molar-refractivity contribution < 1.29 is 0 Å². The van der Waals surface area contributed by atoms with E-state index in [0.717, 1.165) is 25.9 Å². The van der Waals surface area contributed by atoms with Crippen LogP contribution in [0, 0.1) is 0 Å². The molecule has 0 aliphatic heterocycles. The highest BCUT2D eigenvalue weighted by Crippen LogP contribution is 2.16. The van der Waals surface area contributed by atoms with E-state index in [9.17, 15) is 0 Å². The lowest BCUT2D eigenvalue weighted by Crippen LogP contribution is -2.28. The van der Waals surface area contributed by atoms with Crippen LogP contribution < -0.4 is 4.90 Å². The highest BCUT2D eigenvalue weighted by Gasteiger charge is 2.12. The zero-order chi connectivity index (χ0) is 15.5. The molecule has 0 amide bonds. The Morgan fingerprint density at radius 1 is 0.714 bits per heavy atom. The highest BCUT2D eigenvalue weighted by molar-refractivity contribution is 6.31. The summed E-state index contributed by atoms with van der Waals surface area (Å²) in [6, 6.07) is 0. The molecule has 6 heteroatoms. The van der Waals surface area contributed by atoms with E-state index in [1.807, 2.05) is 0 Å². The fraction of sp³-hybridized carbons (Fsp3) is 0.800. The maximum atomic E-state index is 5.89. The van der Waals surface area contributed by atoms with Crippen molar-refractivity contribution in [3.63, 3.8) is 0 Å². The van der Waals surface area contributed by atoms with Crippen molar-refractivity contribution in [2.24, 2.45) is 0 Å². The molecule has 0 bridgehead atoms. The van der Waals surface area contributed by atoms with Crippen LogP contribution in [-0.4, -0.2) is 28.0 Å². The zero-order valence-corrected chi connectivity index (χ0v) is 14.6. The second-order valence-corrected chi connectivity index (χ2v) is 5.96. The van der Waals surface area contributed by atoms with Gasteiger partial charge in [0.15, 0.2) is 0 Å². The summed E-state index contributed by atoms with van der Waals surface area (Å²) < 4.78 is 0. The van der Waals surface area contributed by atoms with E-state index in [0.29, 0.717) is 5.95 Å². The van der Waals surface area contributed by atoms with Crippen LogP contribution >= 0.6 is 23.2 Å². The Balaban J connectivity index is 2.60.